The molecule has 0 atom stereocenters. The van der Waals surface area contributed by atoms with Gasteiger partial charge in [-0.1, -0.05) is 18.0 Å². The highest BCUT2D eigenvalue weighted by atomic mass is 35.5. The quantitative estimate of drug-likeness (QED) is 0.791. The Bertz CT molecular complexity index is 779. The smallest absolute Gasteiger partial charge is 0.258 e. The SMILES string of the molecule is Cl.NC1(c2noc(-c3ccnc(-n4cccn4)c3)n2)CCCC1. The average molecular weight is 333 g/mol. The molecule has 3 heterocycles. The number of aromatic nitrogens is 5. The first-order valence-corrected chi connectivity index (χ1v) is 7.34. The maximum absolute atomic E-state index is 6.37. The van der Waals surface area contributed by atoms with Crippen LogP contribution in [-0.2, 0) is 5.54 Å². The van der Waals surface area contributed by atoms with Gasteiger partial charge in [0.2, 0.25) is 0 Å². The number of pyridine rings is 1. The summed E-state index contributed by atoms with van der Waals surface area (Å²) in [5.41, 5.74) is 6.73. The molecule has 1 aliphatic rings. The molecule has 0 radical (unpaired) electrons. The van der Waals surface area contributed by atoms with E-state index in [-0.39, 0.29) is 12.4 Å². The lowest BCUT2D eigenvalue weighted by atomic mass is 9.99. The second-order valence-electron chi connectivity index (χ2n) is 5.64. The van der Waals surface area contributed by atoms with E-state index in [9.17, 15) is 0 Å². The topological polar surface area (TPSA) is 95.7 Å². The van der Waals surface area contributed by atoms with E-state index < -0.39 is 5.54 Å². The van der Waals surface area contributed by atoms with Gasteiger partial charge in [-0.3, -0.25) is 0 Å². The molecule has 1 aliphatic carbocycles. The Morgan fingerprint density at radius 2 is 2.04 bits per heavy atom. The molecule has 3 aromatic rings. The normalized spacial score (nSPS) is 16.2. The van der Waals surface area contributed by atoms with Crippen LogP contribution < -0.4 is 5.73 Å². The zero-order valence-corrected chi connectivity index (χ0v) is 13.2. The Morgan fingerprint density at radius 3 is 2.78 bits per heavy atom. The molecule has 7 nitrogen and oxygen atoms in total. The summed E-state index contributed by atoms with van der Waals surface area (Å²) in [6, 6.07) is 5.54. The largest absolute Gasteiger partial charge is 0.334 e. The zero-order valence-electron chi connectivity index (χ0n) is 12.4. The third-order valence-corrected chi connectivity index (χ3v) is 4.10. The molecule has 120 valence electrons. The molecule has 1 fully saturated rings. The molecule has 1 saturated carbocycles. The minimum absolute atomic E-state index is 0. The molecule has 2 N–H and O–H groups in total. The molecule has 8 heteroatoms. The fourth-order valence-electron chi connectivity index (χ4n) is 2.85. The Hall–Kier alpha value is -2.25. The van der Waals surface area contributed by atoms with Gasteiger partial charge in [-0.15, -0.1) is 12.4 Å². The first-order chi connectivity index (χ1) is 10.7. The third-order valence-electron chi connectivity index (χ3n) is 4.10. The van der Waals surface area contributed by atoms with Crippen LogP contribution >= 0.6 is 12.4 Å². The van der Waals surface area contributed by atoms with Crippen LogP contribution in [-0.4, -0.2) is 24.9 Å². The predicted molar refractivity (Wildman–Crippen MR) is 86.2 cm³/mol. The van der Waals surface area contributed by atoms with E-state index in [1.165, 1.54) is 0 Å². The second-order valence-corrected chi connectivity index (χ2v) is 5.64. The highest BCUT2D eigenvalue weighted by Crippen LogP contribution is 2.35. The van der Waals surface area contributed by atoms with Crippen LogP contribution in [0.1, 0.15) is 31.5 Å². The van der Waals surface area contributed by atoms with Crippen molar-refractivity contribution in [3.05, 3.63) is 42.6 Å². The standard InChI is InChI=1S/C15H16N6O.ClH/c16-15(5-1-2-6-15)14-19-13(22-20-14)11-4-8-17-12(10-11)21-9-3-7-18-21;/h3-4,7-10H,1-2,5-6,16H2;1H. The summed E-state index contributed by atoms with van der Waals surface area (Å²) >= 11 is 0. The van der Waals surface area contributed by atoms with E-state index in [4.69, 9.17) is 10.3 Å². The molecular formula is C15H17ClN6O. The fraction of sp³-hybridized carbons (Fsp3) is 0.333. The number of rotatable bonds is 3. The minimum atomic E-state index is -0.445. The Kier molecular flexibility index (Phi) is 4.14. The van der Waals surface area contributed by atoms with E-state index in [0.29, 0.717) is 17.5 Å². The molecule has 3 aromatic heterocycles. The Labute approximate surface area is 139 Å². The van der Waals surface area contributed by atoms with Crippen molar-refractivity contribution in [2.45, 2.75) is 31.2 Å². The maximum atomic E-state index is 6.37. The summed E-state index contributed by atoms with van der Waals surface area (Å²) in [6.45, 7) is 0. The molecular weight excluding hydrogens is 316 g/mol. The van der Waals surface area contributed by atoms with Crippen molar-refractivity contribution >= 4 is 12.4 Å². The average Bonchev–Trinajstić information content (AvgIpc) is 3.29. The van der Waals surface area contributed by atoms with Gasteiger partial charge in [0, 0.05) is 24.2 Å². The number of halogens is 1. The van der Waals surface area contributed by atoms with Gasteiger partial charge in [-0.25, -0.2) is 9.67 Å². The Morgan fingerprint density at radius 1 is 1.22 bits per heavy atom. The van der Waals surface area contributed by atoms with E-state index >= 15 is 0 Å². The van der Waals surface area contributed by atoms with Gasteiger partial charge in [0.05, 0.1) is 5.54 Å². The van der Waals surface area contributed by atoms with Crippen LogP contribution in [0.15, 0.2) is 41.3 Å². The predicted octanol–water partition coefficient (Wildman–Crippen LogP) is 2.47. The van der Waals surface area contributed by atoms with Crippen LogP contribution in [0.2, 0.25) is 0 Å². The molecule has 23 heavy (non-hydrogen) atoms. The first-order valence-electron chi connectivity index (χ1n) is 7.34. The summed E-state index contributed by atoms with van der Waals surface area (Å²) in [5, 5.41) is 8.25. The molecule has 0 unspecified atom stereocenters. The summed E-state index contributed by atoms with van der Waals surface area (Å²) in [5.74, 6) is 1.76. The van der Waals surface area contributed by atoms with E-state index in [1.807, 2.05) is 24.4 Å². The van der Waals surface area contributed by atoms with Crippen LogP contribution in [0.25, 0.3) is 17.3 Å². The second kappa shape index (κ2) is 6.10. The van der Waals surface area contributed by atoms with Crippen molar-refractivity contribution in [1.82, 2.24) is 24.9 Å². The van der Waals surface area contributed by atoms with Crippen molar-refractivity contribution in [2.75, 3.05) is 0 Å². The zero-order chi connectivity index (χ0) is 15.0. The van der Waals surface area contributed by atoms with Crippen molar-refractivity contribution in [2.24, 2.45) is 5.73 Å². The molecule has 0 bridgehead atoms. The van der Waals surface area contributed by atoms with Gasteiger partial charge in [0.25, 0.3) is 5.89 Å². The number of hydrogen-bond donors (Lipinski definition) is 1. The maximum Gasteiger partial charge on any atom is 0.258 e. The summed E-state index contributed by atoms with van der Waals surface area (Å²) < 4.78 is 7.08. The van der Waals surface area contributed by atoms with Gasteiger partial charge in [0.1, 0.15) is 0 Å². The minimum Gasteiger partial charge on any atom is -0.334 e. The molecule has 4 rings (SSSR count). The van der Waals surface area contributed by atoms with Gasteiger partial charge in [0.15, 0.2) is 11.6 Å². The molecule has 0 spiro atoms. The highest BCUT2D eigenvalue weighted by Gasteiger charge is 2.36. The number of nitrogens with two attached hydrogens (primary N) is 1. The lowest BCUT2D eigenvalue weighted by molar-refractivity contribution is 0.372. The van der Waals surface area contributed by atoms with E-state index in [0.717, 1.165) is 31.2 Å². The van der Waals surface area contributed by atoms with Gasteiger partial charge in [-0.05, 0) is 31.0 Å². The first kappa shape index (κ1) is 15.6. The lowest BCUT2D eigenvalue weighted by Gasteiger charge is -2.17. The van der Waals surface area contributed by atoms with Crippen molar-refractivity contribution < 1.29 is 4.52 Å². The monoisotopic (exact) mass is 332 g/mol. The molecule has 0 aromatic carbocycles. The summed E-state index contributed by atoms with van der Waals surface area (Å²) in [4.78, 5) is 8.79. The van der Waals surface area contributed by atoms with Crippen LogP contribution in [0.3, 0.4) is 0 Å². The molecule has 0 amide bonds. The molecule has 0 aliphatic heterocycles. The molecule has 0 saturated heterocycles. The van der Waals surface area contributed by atoms with Gasteiger partial charge < -0.3 is 10.3 Å². The lowest BCUT2D eigenvalue weighted by Crippen LogP contribution is -2.34. The summed E-state index contributed by atoms with van der Waals surface area (Å²) in [7, 11) is 0. The van der Waals surface area contributed by atoms with Crippen LogP contribution in [0, 0.1) is 0 Å². The highest BCUT2D eigenvalue weighted by molar-refractivity contribution is 5.85. The number of nitrogens with zero attached hydrogens (tertiary/aromatic N) is 5. The van der Waals surface area contributed by atoms with E-state index in [1.54, 1.807) is 17.1 Å². The van der Waals surface area contributed by atoms with Crippen molar-refractivity contribution in [3.63, 3.8) is 0 Å². The van der Waals surface area contributed by atoms with Gasteiger partial charge >= 0.3 is 0 Å². The van der Waals surface area contributed by atoms with Crippen molar-refractivity contribution in [3.8, 4) is 17.3 Å². The fourth-order valence-corrected chi connectivity index (χ4v) is 2.85. The third kappa shape index (κ3) is 2.85. The van der Waals surface area contributed by atoms with Crippen molar-refractivity contribution in [1.29, 1.82) is 0 Å². The Balaban J connectivity index is 0.00000156. The van der Waals surface area contributed by atoms with Crippen LogP contribution in [0.4, 0.5) is 0 Å². The summed E-state index contributed by atoms with van der Waals surface area (Å²) in [6.07, 6.45) is 9.26. The van der Waals surface area contributed by atoms with Crippen LogP contribution in [0.5, 0.6) is 0 Å². The number of hydrogen-bond acceptors (Lipinski definition) is 6. The van der Waals surface area contributed by atoms with Gasteiger partial charge in [-0.2, -0.15) is 10.1 Å². The van der Waals surface area contributed by atoms with E-state index in [2.05, 4.69) is 20.2 Å².